The fraction of sp³-hybridized carbons (Fsp3) is 0.400. The number of carbonyl (C=O) groups is 1. The number of thiazole rings is 1. The number of aryl methyl sites for hydroxylation is 2. The van der Waals surface area contributed by atoms with Crippen LogP contribution in [0.4, 0.5) is 0 Å². The van der Waals surface area contributed by atoms with E-state index in [9.17, 15) is 4.79 Å². The van der Waals surface area contributed by atoms with E-state index in [0.717, 1.165) is 41.5 Å². The van der Waals surface area contributed by atoms with E-state index in [1.165, 1.54) is 0 Å². The molecule has 3 aromatic rings. The lowest BCUT2D eigenvalue weighted by molar-refractivity contribution is 0.0627. The number of methoxy groups -OCH3 is 1. The van der Waals surface area contributed by atoms with Gasteiger partial charge in [0.1, 0.15) is 17.1 Å². The molecular weight excluding hydrogens is 362 g/mol. The number of amides is 1. The van der Waals surface area contributed by atoms with Gasteiger partial charge in [0, 0.05) is 43.5 Å². The SMILES string of the molecule is COc1ccc2oc(C)c(C(=O)N3CCN(Cc4csc(C)n4)CC3)c2c1. The van der Waals surface area contributed by atoms with Crippen LogP contribution in [0.15, 0.2) is 28.0 Å². The summed E-state index contributed by atoms with van der Waals surface area (Å²) in [5, 5.41) is 4.02. The summed E-state index contributed by atoms with van der Waals surface area (Å²) >= 11 is 1.68. The first-order chi connectivity index (χ1) is 13.0. The topological polar surface area (TPSA) is 58.8 Å². The fourth-order valence-electron chi connectivity index (χ4n) is 3.57. The first kappa shape index (κ1) is 18.0. The molecule has 2 aromatic heterocycles. The van der Waals surface area contributed by atoms with Crippen LogP contribution in [0, 0.1) is 13.8 Å². The molecule has 1 aromatic carbocycles. The Morgan fingerprint density at radius 2 is 2.04 bits per heavy atom. The Kier molecular flexibility index (Phi) is 4.88. The van der Waals surface area contributed by atoms with E-state index in [-0.39, 0.29) is 5.91 Å². The number of rotatable bonds is 4. The minimum absolute atomic E-state index is 0.0312. The quantitative estimate of drug-likeness (QED) is 0.688. The summed E-state index contributed by atoms with van der Waals surface area (Å²) < 4.78 is 11.1. The number of aromatic nitrogens is 1. The summed E-state index contributed by atoms with van der Waals surface area (Å²) in [6, 6.07) is 5.57. The maximum atomic E-state index is 13.2. The van der Waals surface area contributed by atoms with Gasteiger partial charge in [-0.2, -0.15) is 0 Å². The van der Waals surface area contributed by atoms with Crippen molar-refractivity contribution in [2.75, 3.05) is 33.3 Å². The van der Waals surface area contributed by atoms with Crippen LogP contribution in [0.2, 0.25) is 0 Å². The number of furan rings is 1. The maximum Gasteiger partial charge on any atom is 0.258 e. The Bertz CT molecular complexity index is 970. The number of benzene rings is 1. The normalized spacial score (nSPS) is 15.4. The van der Waals surface area contributed by atoms with Crippen LogP contribution >= 0.6 is 11.3 Å². The Balaban J connectivity index is 1.48. The highest BCUT2D eigenvalue weighted by Gasteiger charge is 2.27. The Morgan fingerprint density at radius 1 is 1.26 bits per heavy atom. The van der Waals surface area contributed by atoms with E-state index in [4.69, 9.17) is 9.15 Å². The fourth-order valence-corrected chi connectivity index (χ4v) is 4.17. The lowest BCUT2D eigenvalue weighted by Gasteiger charge is -2.34. The van der Waals surface area contributed by atoms with Crippen LogP contribution in [0.3, 0.4) is 0 Å². The first-order valence-corrected chi connectivity index (χ1v) is 9.93. The molecule has 0 bridgehead atoms. The highest BCUT2D eigenvalue weighted by molar-refractivity contribution is 7.09. The number of hydrogen-bond donors (Lipinski definition) is 0. The monoisotopic (exact) mass is 385 g/mol. The van der Waals surface area contributed by atoms with Crippen LogP contribution in [-0.2, 0) is 6.54 Å². The smallest absolute Gasteiger partial charge is 0.258 e. The predicted molar refractivity (Wildman–Crippen MR) is 106 cm³/mol. The number of fused-ring (bicyclic) bond motifs is 1. The summed E-state index contributed by atoms with van der Waals surface area (Å²) in [5.41, 5.74) is 2.47. The van der Waals surface area contributed by atoms with Gasteiger partial charge in [-0.1, -0.05) is 0 Å². The largest absolute Gasteiger partial charge is 0.497 e. The van der Waals surface area contributed by atoms with Crippen molar-refractivity contribution in [3.63, 3.8) is 0 Å². The predicted octanol–water partition coefficient (Wildman–Crippen LogP) is 3.47. The van der Waals surface area contributed by atoms with Gasteiger partial charge >= 0.3 is 0 Å². The van der Waals surface area contributed by atoms with Crippen molar-refractivity contribution in [1.29, 1.82) is 0 Å². The summed E-state index contributed by atoms with van der Waals surface area (Å²) in [7, 11) is 1.62. The van der Waals surface area contributed by atoms with Crippen LogP contribution in [-0.4, -0.2) is 54.0 Å². The van der Waals surface area contributed by atoms with Crippen molar-refractivity contribution in [2.45, 2.75) is 20.4 Å². The van der Waals surface area contributed by atoms with Gasteiger partial charge in [-0.15, -0.1) is 11.3 Å². The molecule has 0 N–H and O–H groups in total. The second-order valence-corrected chi connectivity index (χ2v) is 7.88. The Hall–Kier alpha value is -2.38. The van der Waals surface area contributed by atoms with Crippen LogP contribution in [0.25, 0.3) is 11.0 Å². The molecule has 1 saturated heterocycles. The van der Waals surface area contributed by atoms with Crippen LogP contribution < -0.4 is 4.74 Å². The molecule has 0 saturated carbocycles. The maximum absolute atomic E-state index is 13.2. The lowest BCUT2D eigenvalue weighted by Crippen LogP contribution is -2.48. The van der Waals surface area contributed by atoms with Crippen LogP contribution in [0.5, 0.6) is 5.75 Å². The number of nitrogens with zero attached hydrogens (tertiary/aromatic N) is 3. The van der Waals surface area contributed by atoms with Gasteiger partial charge in [-0.3, -0.25) is 9.69 Å². The minimum atomic E-state index is 0.0312. The molecule has 1 amide bonds. The standard InChI is InChI=1S/C20H23N3O3S/c1-13-19(17-10-16(25-3)4-5-18(17)26-13)20(24)23-8-6-22(7-9-23)11-15-12-27-14(2)21-15/h4-5,10,12H,6-9,11H2,1-3H3. The second-order valence-electron chi connectivity index (χ2n) is 6.82. The van der Waals surface area contributed by atoms with Gasteiger partial charge in [0.05, 0.1) is 23.4 Å². The van der Waals surface area contributed by atoms with Crippen molar-refractivity contribution < 1.29 is 13.9 Å². The molecule has 27 heavy (non-hydrogen) atoms. The summed E-state index contributed by atoms with van der Waals surface area (Å²) in [6.07, 6.45) is 0. The number of ether oxygens (including phenoxy) is 1. The molecule has 142 valence electrons. The third-order valence-electron chi connectivity index (χ3n) is 5.00. The number of carbonyl (C=O) groups excluding carboxylic acids is 1. The summed E-state index contributed by atoms with van der Waals surface area (Å²) in [6.45, 7) is 7.83. The third kappa shape index (κ3) is 3.57. The molecule has 0 aliphatic carbocycles. The van der Waals surface area contributed by atoms with Gasteiger partial charge in [-0.05, 0) is 32.0 Å². The zero-order valence-electron chi connectivity index (χ0n) is 15.8. The van der Waals surface area contributed by atoms with Gasteiger partial charge in [0.25, 0.3) is 5.91 Å². The van der Waals surface area contributed by atoms with Gasteiger partial charge < -0.3 is 14.1 Å². The molecule has 0 atom stereocenters. The van der Waals surface area contributed by atoms with Crippen molar-refractivity contribution >= 4 is 28.2 Å². The van der Waals surface area contributed by atoms with E-state index in [2.05, 4.69) is 15.3 Å². The molecular formula is C20H23N3O3S. The zero-order valence-corrected chi connectivity index (χ0v) is 16.6. The van der Waals surface area contributed by atoms with Gasteiger partial charge in [0.15, 0.2) is 0 Å². The molecule has 0 unspecified atom stereocenters. The van der Waals surface area contributed by atoms with E-state index >= 15 is 0 Å². The number of hydrogen-bond acceptors (Lipinski definition) is 6. The third-order valence-corrected chi connectivity index (χ3v) is 5.82. The molecule has 1 fully saturated rings. The molecule has 7 heteroatoms. The summed E-state index contributed by atoms with van der Waals surface area (Å²) in [5.74, 6) is 1.41. The summed E-state index contributed by atoms with van der Waals surface area (Å²) in [4.78, 5) is 22.0. The van der Waals surface area contributed by atoms with E-state index < -0.39 is 0 Å². The van der Waals surface area contributed by atoms with Gasteiger partial charge in [-0.25, -0.2) is 4.98 Å². The molecule has 0 spiro atoms. The van der Waals surface area contributed by atoms with Crippen molar-refractivity contribution in [1.82, 2.24) is 14.8 Å². The molecule has 0 radical (unpaired) electrons. The zero-order chi connectivity index (χ0) is 19.0. The highest BCUT2D eigenvalue weighted by atomic mass is 32.1. The first-order valence-electron chi connectivity index (χ1n) is 9.05. The Morgan fingerprint density at radius 3 is 2.70 bits per heavy atom. The second kappa shape index (κ2) is 7.32. The minimum Gasteiger partial charge on any atom is -0.497 e. The van der Waals surface area contributed by atoms with Crippen molar-refractivity contribution in [3.8, 4) is 5.75 Å². The van der Waals surface area contributed by atoms with Crippen molar-refractivity contribution in [3.05, 3.63) is 45.6 Å². The average molecular weight is 385 g/mol. The van der Waals surface area contributed by atoms with Crippen molar-refractivity contribution in [2.24, 2.45) is 0 Å². The van der Waals surface area contributed by atoms with Crippen LogP contribution in [0.1, 0.15) is 26.8 Å². The molecule has 4 rings (SSSR count). The molecule has 3 heterocycles. The Labute approximate surface area is 162 Å². The molecule has 1 aliphatic heterocycles. The highest BCUT2D eigenvalue weighted by Crippen LogP contribution is 2.30. The molecule has 6 nitrogen and oxygen atoms in total. The van der Waals surface area contributed by atoms with Gasteiger partial charge in [0.2, 0.25) is 0 Å². The van der Waals surface area contributed by atoms with E-state index in [0.29, 0.717) is 30.0 Å². The lowest BCUT2D eigenvalue weighted by atomic mass is 10.1. The number of piperazine rings is 1. The molecule has 1 aliphatic rings. The van der Waals surface area contributed by atoms with E-state index in [1.54, 1.807) is 18.4 Å². The van der Waals surface area contributed by atoms with E-state index in [1.807, 2.05) is 36.9 Å². The average Bonchev–Trinajstić information content (AvgIpc) is 3.22.